The molecule has 0 aliphatic carbocycles. The fraction of sp³-hybridized carbons (Fsp3) is 0.560. The van der Waals surface area contributed by atoms with E-state index in [0.29, 0.717) is 36.6 Å². The number of fused-ring (bicyclic) bond motifs is 1. The summed E-state index contributed by atoms with van der Waals surface area (Å²) in [6.07, 6.45) is 2.89. The molecule has 1 aromatic heterocycles. The maximum Gasteiger partial charge on any atom is 0.257 e. The van der Waals surface area contributed by atoms with Crippen LogP contribution in [0.1, 0.15) is 49.0 Å². The van der Waals surface area contributed by atoms with Gasteiger partial charge in [-0.1, -0.05) is 13.8 Å². The van der Waals surface area contributed by atoms with Gasteiger partial charge in [0.2, 0.25) is 5.91 Å². The molecule has 1 aliphatic rings. The summed E-state index contributed by atoms with van der Waals surface area (Å²) in [5, 5.41) is 5.92. The topological polar surface area (TPSA) is 84.0 Å². The molecule has 0 bridgehead atoms. The third-order valence-electron chi connectivity index (χ3n) is 6.16. The van der Waals surface area contributed by atoms with Crippen molar-refractivity contribution in [1.29, 1.82) is 0 Å². The quantitative estimate of drug-likeness (QED) is 0.664. The van der Waals surface area contributed by atoms with Crippen molar-refractivity contribution in [2.75, 3.05) is 39.2 Å². The molecule has 34 heavy (non-hydrogen) atoms. The lowest BCUT2D eigenvalue weighted by atomic mass is 10.0. The number of carbonyl (C=O) groups excluding carboxylic acids is 2. The van der Waals surface area contributed by atoms with Crippen LogP contribution in [0, 0.1) is 5.92 Å². The van der Waals surface area contributed by atoms with E-state index in [9.17, 15) is 9.59 Å². The van der Waals surface area contributed by atoms with Gasteiger partial charge in [0, 0.05) is 57.0 Å². The number of likely N-dealkylation sites (N-methyl/N-ethyl adjacent to an activating group) is 1. The zero-order valence-corrected chi connectivity index (χ0v) is 21.6. The minimum absolute atomic E-state index is 0.0722. The highest BCUT2D eigenvalue weighted by Gasteiger charge is 2.28. The Morgan fingerprint density at radius 1 is 1.32 bits per heavy atom. The van der Waals surface area contributed by atoms with E-state index >= 15 is 0 Å². The van der Waals surface area contributed by atoms with Crippen LogP contribution in [0.2, 0.25) is 0 Å². The van der Waals surface area contributed by atoms with Gasteiger partial charge in [-0.3, -0.25) is 14.5 Å². The van der Waals surface area contributed by atoms with Crippen LogP contribution in [0.3, 0.4) is 0 Å². The second kappa shape index (κ2) is 12.3. The Morgan fingerprint density at radius 2 is 2.12 bits per heavy atom. The van der Waals surface area contributed by atoms with Gasteiger partial charge in [-0.05, 0) is 37.5 Å². The molecule has 8 nitrogen and oxygen atoms in total. The Kier molecular flexibility index (Phi) is 9.44. The summed E-state index contributed by atoms with van der Waals surface area (Å²) >= 11 is 1.64. The number of nitrogens with zero attached hydrogens (tertiary/aromatic N) is 3. The molecule has 0 spiro atoms. The van der Waals surface area contributed by atoms with Crippen LogP contribution in [0.15, 0.2) is 29.8 Å². The number of amides is 2. The van der Waals surface area contributed by atoms with Crippen molar-refractivity contribution in [3.63, 3.8) is 0 Å². The van der Waals surface area contributed by atoms with Crippen LogP contribution in [0.25, 0.3) is 0 Å². The van der Waals surface area contributed by atoms with Gasteiger partial charge in [-0.15, -0.1) is 11.3 Å². The molecule has 2 aromatic rings. The molecule has 9 heteroatoms. The van der Waals surface area contributed by atoms with Gasteiger partial charge in [-0.2, -0.15) is 0 Å². The molecule has 186 valence electrons. The van der Waals surface area contributed by atoms with E-state index in [2.05, 4.69) is 29.0 Å². The molecular weight excluding hydrogens is 452 g/mol. The van der Waals surface area contributed by atoms with E-state index in [-0.39, 0.29) is 29.9 Å². The number of thiazole rings is 1. The number of ether oxygens (including phenoxy) is 2. The minimum atomic E-state index is -0.163. The predicted molar refractivity (Wildman–Crippen MR) is 134 cm³/mol. The van der Waals surface area contributed by atoms with Crippen molar-refractivity contribution in [3.05, 3.63) is 40.3 Å². The predicted octanol–water partition coefficient (Wildman–Crippen LogP) is 3.89. The number of methoxy groups -OCH3 is 1. The Morgan fingerprint density at radius 3 is 2.79 bits per heavy atom. The van der Waals surface area contributed by atoms with Gasteiger partial charge < -0.3 is 19.7 Å². The average Bonchev–Trinajstić information content (AvgIpc) is 3.33. The number of anilines is 1. The number of carbonyl (C=O) groups is 2. The number of benzene rings is 1. The first-order valence-electron chi connectivity index (χ1n) is 11.8. The average molecular weight is 489 g/mol. The van der Waals surface area contributed by atoms with Crippen molar-refractivity contribution in [1.82, 2.24) is 14.8 Å². The number of rotatable bonds is 6. The molecule has 1 aliphatic heterocycles. The van der Waals surface area contributed by atoms with Crippen LogP contribution in [0.4, 0.5) is 5.69 Å². The van der Waals surface area contributed by atoms with E-state index in [0.717, 1.165) is 24.5 Å². The van der Waals surface area contributed by atoms with E-state index < -0.39 is 0 Å². The Labute approximate surface area is 206 Å². The summed E-state index contributed by atoms with van der Waals surface area (Å²) in [6, 6.07) is 5.34. The normalized spacial score (nSPS) is 22.3. The van der Waals surface area contributed by atoms with Gasteiger partial charge in [0.25, 0.3) is 5.91 Å². The summed E-state index contributed by atoms with van der Waals surface area (Å²) in [7, 11) is 3.47. The highest BCUT2D eigenvalue weighted by Crippen LogP contribution is 2.27. The maximum absolute atomic E-state index is 13.4. The number of hydrogen-bond acceptors (Lipinski definition) is 7. The summed E-state index contributed by atoms with van der Waals surface area (Å²) in [5.74, 6) is 0.455. The monoisotopic (exact) mass is 488 g/mol. The highest BCUT2D eigenvalue weighted by atomic mass is 32.1. The van der Waals surface area contributed by atoms with E-state index in [1.54, 1.807) is 48.6 Å². The molecule has 0 saturated carbocycles. The first-order chi connectivity index (χ1) is 16.3. The number of nitrogens with one attached hydrogen (secondary N) is 1. The van der Waals surface area contributed by atoms with Gasteiger partial charge in [0.1, 0.15) is 17.4 Å². The molecule has 1 N–H and O–H groups in total. The van der Waals surface area contributed by atoms with Gasteiger partial charge in [-0.25, -0.2) is 4.98 Å². The molecule has 3 atom stereocenters. The van der Waals surface area contributed by atoms with Gasteiger partial charge in [0.15, 0.2) is 0 Å². The minimum Gasteiger partial charge on any atom is -0.491 e. The van der Waals surface area contributed by atoms with Crippen LogP contribution in [0.5, 0.6) is 5.75 Å². The SMILES string of the molecule is CCCC(=O)Nc1ccc2c(c1)C(=O)N(C)C[C@@H](OC)[C@@H](C)CN(Cc1nccs1)[C@H](C)CO2. The van der Waals surface area contributed by atoms with Crippen LogP contribution >= 0.6 is 11.3 Å². The summed E-state index contributed by atoms with van der Waals surface area (Å²) < 4.78 is 12.0. The summed E-state index contributed by atoms with van der Waals surface area (Å²) in [6.45, 7) is 8.61. The third kappa shape index (κ3) is 6.77. The van der Waals surface area contributed by atoms with Crippen LogP contribution in [-0.4, -0.2) is 72.6 Å². The van der Waals surface area contributed by atoms with Crippen molar-refractivity contribution in [2.24, 2.45) is 5.92 Å². The zero-order chi connectivity index (χ0) is 24.7. The smallest absolute Gasteiger partial charge is 0.257 e. The zero-order valence-electron chi connectivity index (χ0n) is 20.7. The summed E-state index contributed by atoms with van der Waals surface area (Å²) in [4.78, 5) is 34.0. The van der Waals surface area contributed by atoms with Gasteiger partial charge in [0.05, 0.1) is 18.2 Å². The Balaban J connectivity index is 1.91. The first kappa shape index (κ1) is 26.1. The molecule has 0 radical (unpaired) electrons. The lowest BCUT2D eigenvalue weighted by Crippen LogP contribution is -2.46. The molecule has 0 unspecified atom stereocenters. The van der Waals surface area contributed by atoms with Crippen molar-refractivity contribution in [3.8, 4) is 5.75 Å². The lowest BCUT2D eigenvalue weighted by molar-refractivity contribution is -0.116. The summed E-state index contributed by atoms with van der Waals surface area (Å²) in [5.41, 5.74) is 1.02. The Hall–Kier alpha value is -2.49. The fourth-order valence-corrected chi connectivity index (χ4v) is 4.75. The molecule has 0 saturated heterocycles. The second-order valence-electron chi connectivity index (χ2n) is 8.96. The third-order valence-corrected chi connectivity index (χ3v) is 6.92. The maximum atomic E-state index is 13.4. The number of aromatic nitrogens is 1. The fourth-order valence-electron chi connectivity index (χ4n) is 4.10. The Bertz CT molecular complexity index is 952. The molecule has 0 fully saturated rings. The molecule has 2 amide bonds. The van der Waals surface area contributed by atoms with Crippen molar-refractivity contribution in [2.45, 2.75) is 52.3 Å². The first-order valence-corrected chi connectivity index (χ1v) is 12.7. The van der Waals surface area contributed by atoms with E-state index in [1.807, 2.05) is 18.5 Å². The molecular formula is C25H36N4O4S. The molecule has 3 rings (SSSR count). The van der Waals surface area contributed by atoms with Crippen molar-refractivity contribution < 1.29 is 19.1 Å². The lowest BCUT2D eigenvalue weighted by Gasteiger charge is -2.35. The number of hydrogen-bond donors (Lipinski definition) is 1. The van der Waals surface area contributed by atoms with E-state index in [4.69, 9.17) is 9.47 Å². The molecule has 2 heterocycles. The largest absolute Gasteiger partial charge is 0.491 e. The second-order valence-corrected chi connectivity index (χ2v) is 9.94. The van der Waals surface area contributed by atoms with Crippen LogP contribution in [-0.2, 0) is 16.1 Å². The van der Waals surface area contributed by atoms with Gasteiger partial charge >= 0.3 is 0 Å². The van der Waals surface area contributed by atoms with Crippen LogP contribution < -0.4 is 10.1 Å². The highest BCUT2D eigenvalue weighted by molar-refractivity contribution is 7.09. The molecule has 1 aromatic carbocycles. The standard InChI is InChI=1S/C25H36N4O4S/c1-6-7-23(30)27-19-8-9-21-20(12-19)25(31)28(4)14-22(32-5)17(2)13-29(18(3)16-33-21)15-24-26-10-11-34-24/h8-12,17-18,22H,6-7,13-16H2,1-5H3,(H,27,30)/t17-,18+,22+/m0/s1. The van der Waals surface area contributed by atoms with E-state index in [1.165, 1.54) is 0 Å². The van der Waals surface area contributed by atoms with Crippen molar-refractivity contribution >= 4 is 28.8 Å².